The average Bonchev–Trinajstić information content (AvgIpc) is 1.89. The second-order valence-electron chi connectivity index (χ2n) is 1.64. The molecule has 0 aliphatic carbocycles. The van der Waals surface area contributed by atoms with E-state index in [2.05, 4.69) is 14.7 Å². The van der Waals surface area contributed by atoms with E-state index in [0.717, 1.165) is 0 Å². The summed E-state index contributed by atoms with van der Waals surface area (Å²) in [6, 6.07) is 0. The lowest BCUT2D eigenvalue weighted by molar-refractivity contribution is -0.316. The topological polar surface area (TPSA) is 68.2 Å². The second kappa shape index (κ2) is 6.91. The average molecular weight is 152 g/mol. The summed E-state index contributed by atoms with van der Waals surface area (Å²) in [5, 5.41) is 16.6. The van der Waals surface area contributed by atoms with Crippen LogP contribution < -0.4 is 0 Å². The minimum absolute atomic E-state index is 0.00556. The highest BCUT2D eigenvalue weighted by Crippen LogP contribution is 1.86. The third-order valence-corrected chi connectivity index (χ3v) is 0.729. The van der Waals surface area contributed by atoms with Gasteiger partial charge in [0.15, 0.2) is 0 Å². The maximum atomic E-state index is 8.79. The molecule has 0 bridgehead atoms. The Morgan fingerprint density at radius 3 is 2.50 bits per heavy atom. The zero-order valence-electron chi connectivity index (χ0n) is 5.82. The van der Waals surface area contributed by atoms with Crippen LogP contribution in [0.25, 0.3) is 0 Å². The van der Waals surface area contributed by atoms with Crippen molar-refractivity contribution in [2.24, 2.45) is 0 Å². The van der Waals surface area contributed by atoms with E-state index >= 15 is 0 Å². The van der Waals surface area contributed by atoms with Crippen LogP contribution in [-0.2, 0) is 14.7 Å². The molecule has 10 heavy (non-hydrogen) atoms. The van der Waals surface area contributed by atoms with E-state index in [0.29, 0.717) is 6.61 Å². The number of rotatable bonds is 6. The summed E-state index contributed by atoms with van der Waals surface area (Å²) in [5.41, 5.74) is 0. The van der Waals surface area contributed by atoms with Crippen LogP contribution >= 0.6 is 0 Å². The largest absolute Gasteiger partial charge is 0.388 e. The first kappa shape index (κ1) is 9.80. The molecule has 0 radical (unpaired) electrons. The molecule has 0 aromatic heterocycles. The predicted molar refractivity (Wildman–Crippen MR) is 32.2 cm³/mol. The van der Waals surface area contributed by atoms with Crippen LogP contribution in [-0.4, -0.2) is 36.3 Å². The molecule has 62 valence electrons. The SMILES string of the molecule is CCOOCC(O)COO. The van der Waals surface area contributed by atoms with E-state index in [-0.39, 0.29) is 13.2 Å². The standard InChI is InChI=1S/C5H12O5/c1-2-9-10-4-5(6)3-8-7/h5-7H,2-4H2,1H3. The van der Waals surface area contributed by atoms with Gasteiger partial charge in [0.2, 0.25) is 0 Å². The molecular weight excluding hydrogens is 140 g/mol. The molecule has 1 unspecified atom stereocenters. The van der Waals surface area contributed by atoms with Gasteiger partial charge in [-0.05, 0) is 6.92 Å². The van der Waals surface area contributed by atoms with Gasteiger partial charge in [-0.3, -0.25) is 5.26 Å². The van der Waals surface area contributed by atoms with Crippen molar-refractivity contribution >= 4 is 0 Å². The lowest BCUT2D eigenvalue weighted by atomic mass is 10.4. The monoisotopic (exact) mass is 152 g/mol. The van der Waals surface area contributed by atoms with Crippen molar-refractivity contribution in [1.82, 2.24) is 0 Å². The van der Waals surface area contributed by atoms with Crippen molar-refractivity contribution in [2.75, 3.05) is 19.8 Å². The Morgan fingerprint density at radius 1 is 1.30 bits per heavy atom. The van der Waals surface area contributed by atoms with E-state index in [1.807, 2.05) is 0 Å². The maximum absolute atomic E-state index is 8.79. The summed E-state index contributed by atoms with van der Waals surface area (Å²) in [5.74, 6) is 0. The van der Waals surface area contributed by atoms with E-state index in [9.17, 15) is 0 Å². The lowest BCUT2D eigenvalue weighted by Gasteiger charge is -2.06. The zero-order chi connectivity index (χ0) is 7.82. The Labute approximate surface area is 59.0 Å². The zero-order valence-corrected chi connectivity index (χ0v) is 5.82. The molecule has 0 aliphatic heterocycles. The van der Waals surface area contributed by atoms with Gasteiger partial charge in [-0.15, -0.1) is 0 Å². The van der Waals surface area contributed by atoms with Crippen LogP contribution in [0.3, 0.4) is 0 Å². The Kier molecular flexibility index (Phi) is 6.78. The fraction of sp³-hybridized carbons (Fsp3) is 1.00. The Bertz CT molecular complexity index is 67.1. The summed E-state index contributed by atoms with van der Waals surface area (Å²) in [4.78, 5) is 12.6. The quantitative estimate of drug-likeness (QED) is 0.313. The van der Waals surface area contributed by atoms with Crippen LogP contribution in [0, 0.1) is 0 Å². The second-order valence-corrected chi connectivity index (χ2v) is 1.64. The van der Waals surface area contributed by atoms with Crippen LogP contribution in [0.2, 0.25) is 0 Å². The van der Waals surface area contributed by atoms with Gasteiger partial charge in [-0.25, -0.2) is 14.7 Å². The van der Waals surface area contributed by atoms with Gasteiger partial charge in [0, 0.05) is 0 Å². The van der Waals surface area contributed by atoms with E-state index in [4.69, 9.17) is 10.4 Å². The minimum Gasteiger partial charge on any atom is -0.388 e. The molecule has 1 atom stereocenters. The van der Waals surface area contributed by atoms with Crippen molar-refractivity contribution < 1.29 is 25.0 Å². The summed E-state index contributed by atoms with van der Waals surface area (Å²) in [6.07, 6.45) is -0.850. The van der Waals surface area contributed by atoms with E-state index in [1.165, 1.54) is 0 Å². The van der Waals surface area contributed by atoms with Gasteiger partial charge in [0.05, 0.1) is 6.61 Å². The maximum Gasteiger partial charge on any atom is 0.110 e. The fourth-order valence-electron chi connectivity index (χ4n) is 0.344. The molecule has 5 heteroatoms. The highest BCUT2D eigenvalue weighted by molar-refractivity contribution is 4.46. The van der Waals surface area contributed by atoms with Crippen molar-refractivity contribution in [1.29, 1.82) is 0 Å². The molecule has 0 saturated carbocycles. The summed E-state index contributed by atoms with van der Waals surface area (Å²) in [7, 11) is 0. The molecule has 0 heterocycles. The summed E-state index contributed by atoms with van der Waals surface area (Å²) in [6.45, 7) is 2.00. The molecule has 0 amide bonds. The lowest BCUT2D eigenvalue weighted by Crippen LogP contribution is -2.20. The van der Waals surface area contributed by atoms with E-state index in [1.54, 1.807) is 6.92 Å². The Balaban J connectivity index is 2.97. The smallest absolute Gasteiger partial charge is 0.110 e. The predicted octanol–water partition coefficient (Wildman–Crippen LogP) is -0.195. The molecule has 0 spiro atoms. The normalized spacial score (nSPS) is 13.5. The van der Waals surface area contributed by atoms with Crippen LogP contribution in [0.15, 0.2) is 0 Å². The van der Waals surface area contributed by atoms with Gasteiger partial charge in [-0.2, -0.15) is 0 Å². The van der Waals surface area contributed by atoms with Gasteiger partial charge in [0.1, 0.15) is 19.3 Å². The molecule has 0 saturated heterocycles. The van der Waals surface area contributed by atoms with Gasteiger partial charge in [0.25, 0.3) is 0 Å². The van der Waals surface area contributed by atoms with Crippen molar-refractivity contribution in [3.05, 3.63) is 0 Å². The van der Waals surface area contributed by atoms with Crippen molar-refractivity contribution in [3.63, 3.8) is 0 Å². The molecule has 0 rings (SSSR count). The Morgan fingerprint density at radius 2 is 2.00 bits per heavy atom. The highest BCUT2D eigenvalue weighted by Gasteiger charge is 2.03. The third-order valence-electron chi connectivity index (χ3n) is 0.729. The van der Waals surface area contributed by atoms with Gasteiger partial charge < -0.3 is 5.11 Å². The first-order valence-corrected chi connectivity index (χ1v) is 3.00. The summed E-state index contributed by atoms with van der Waals surface area (Å²) >= 11 is 0. The number of hydrogen-bond donors (Lipinski definition) is 2. The first-order chi connectivity index (χ1) is 4.81. The molecule has 0 aromatic rings. The van der Waals surface area contributed by atoms with Crippen LogP contribution in [0.4, 0.5) is 0 Å². The van der Waals surface area contributed by atoms with Gasteiger partial charge >= 0.3 is 0 Å². The van der Waals surface area contributed by atoms with E-state index < -0.39 is 6.10 Å². The highest BCUT2D eigenvalue weighted by atomic mass is 17.2. The molecule has 2 N–H and O–H groups in total. The Hall–Kier alpha value is -0.200. The summed E-state index contributed by atoms with van der Waals surface area (Å²) < 4.78 is 0. The number of aliphatic hydroxyl groups excluding tert-OH is 1. The number of aliphatic hydroxyl groups is 1. The van der Waals surface area contributed by atoms with Gasteiger partial charge in [-0.1, -0.05) is 0 Å². The van der Waals surface area contributed by atoms with Crippen LogP contribution in [0.1, 0.15) is 6.92 Å². The molecule has 0 aliphatic rings. The van der Waals surface area contributed by atoms with Crippen molar-refractivity contribution in [2.45, 2.75) is 13.0 Å². The molecule has 5 nitrogen and oxygen atoms in total. The number of hydrogen-bond acceptors (Lipinski definition) is 5. The molecular formula is C5H12O5. The third kappa shape index (κ3) is 5.93. The van der Waals surface area contributed by atoms with Crippen molar-refractivity contribution in [3.8, 4) is 0 Å². The minimum atomic E-state index is -0.850. The first-order valence-electron chi connectivity index (χ1n) is 3.00. The molecule has 0 fully saturated rings. The van der Waals surface area contributed by atoms with Crippen LogP contribution in [0.5, 0.6) is 0 Å². The molecule has 0 aromatic carbocycles. The fourth-order valence-corrected chi connectivity index (χ4v) is 0.344.